The van der Waals surface area contributed by atoms with Gasteiger partial charge in [0.15, 0.2) is 0 Å². The van der Waals surface area contributed by atoms with E-state index in [-0.39, 0.29) is 0 Å². The molecule has 2 rings (SSSR count). The van der Waals surface area contributed by atoms with E-state index in [1.54, 1.807) is 0 Å². The summed E-state index contributed by atoms with van der Waals surface area (Å²) in [7, 11) is 0. The van der Waals surface area contributed by atoms with Crippen LogP contribution in [0.4, 0.5) is 5.69 Å². The summed E-state index contributed by atoms with van der Waals surface area (Å²) in [6.07, 6.45) is 0.834. The lowest BCUT2D eigenvalue weighted by Crippen LogP contribution is -2.06. The Hall–Kier alpha value is -2.16. The highest BCUT2D eigenvalue weighted by Gasteiger charge is 2.01. The van der Waals surface area contributed by atoms with Crippen LogP contribution in [0.5, 0.6) is 11.5 Å². The number of hydrogen-bond acceptors (Lipinski definition) is 3. The van der Waals surface area contributed by atoms with Gasteiger partial charge in [0.05, 0.1) is 13.2 Å². The Morgan fingerprint density at radius 3 is 2.29 bits per heavy atom. The van der Waals surface area contributed by atoms with Crippen LogP contribution in [0.1, 0.15) is 23.1 Å². The van der Waals surface area contributed by atoms with Gasteiger partial charge in [-0.3, -0.25) is 0 Å². The molecule has 0 aromatic heterocycles. The maximum atomic E-state index is 5.76. The highest BCUT2D eigenvalue weighted by atomic mass is 16.5. The van der Waals surface area contributed by atoms with Crippen molar-refractivity contribution in [2.24, 2.45) is 0 Å². The highest BCUT2D eigenvalue weighted by molar-refractivity contribution is 5.47. The summed E-state index contributed by atoms with van der Waals surface area (Å²) in [5.41, 5.74) is 10.1. The largest absolute Gasteiger partial charge is 0.493 e. The van der Waals surface area contributed by atoms with Crippen LogP contribution < -0.4 is 15.2 Å². The Morgan fingerprint density at radius 2 is 1.52 bits per heavy atom. The lowest BCUT2D eigenvalue weighted by molar-refractivity contribution is 0.246. The van der Waals surface area contributed by atoms with Crippen LogP contribution >= 0.6 is 0 Å². The van der Waals surface area contributed by atoms with Crippen molar-refractivity contribution >= 4 is 5.69 Å². The lowest BCUT2D eigenvalue weighted by atomic mass is 10.1. The van der Waals surface area contributed by atoms with Crippen LogP contribution in [0, 0.1) is 20.8 Å². The zero-order valence-corrected chi connectivity index (χ0v) is 13.0. The molecule has 0 saturated heterocycles. The van der Waals surface area contributed by atoms with E-state index in [2.05, 4.69) is 26.0 Å². The number of rotatable bonds is 6. The van der Waals surface area contributed by atoms with E-state index in [0.29, 0.717) is 13.2 Å². The Labute approximate surface area is 126 Å². The minimum absolute atomic E-state index is 0.620. The van der Waals surface area contributed by atoms with Gasteiger partial charge in [-0.25, -0.2) is 0 Å². The van der Waals surface area contributed by atoms with Crippen molar-refractivity contribution < 1.29 is 9.47 Å². The second-order valence-corrected chi connectivity index (χ2v) is 5.32. The minimum atomic E-state index is 0.620. The van der Waals surface area contributed by atoms with E-state index < -0.39 is 0 Å². The average Bonchev–Trinajstić information content (AvgIpc) is 2.46. The van der Waals surface area contributed by atoms with Gasteiger partial charge in [-0.1, -0.05) is 12.1 Å². The van der Waals surface area contributed by atoms with Crippen LogP contribution in [-0.2, 0) is 0 Å². The number of aryl methyl sites for hydroxylation is 3. The van der Waals surface area contributed by atoms with Crippen LogP contribution in [0.15, 0.2) is 36.4 Å². The number of benzene rings is 2. The molecule has 0 atom stereocenters. The summed E-state index contributed by atoms with van der Waals surface area (Å²) in [6.45, 7) is 7.47. The van der Waals surface area contributed by atoms with Crippen molar-refractivity contribution in [3.05, 3.63) is 53.1 Å². The van der Waals surface area contributed by atoms with E-state index in [9.17, 15) is 0 Å². The molecule has 0 aliphatic carbocycles. The van der Waals surface area contributed by atoms with Gasteiger partial charge >= 0.3 is 0 Å². The van der Waals surface area contributed by atoms with Crippen molar-refractivity contribution in [1.29, 1.82) is 0 Å². The van der Waals surface area contributed by atoms with Gasteiger partial charge in [-0.2, -0.15) is 0 Å². The molecule has 2 N–H and O–H groups in total. The molecule has 0 amide bonds. The second kappa shape index (κ2) is 7.02. The first-order valence-electron chi connectivity index (χ1n) is 7.25. The Balaban J connectivity index is 1.75. The number of nitrogens with two attached hydrogens (primary N) is 1. The molecule has 2 aromatic carbocycles. The first-order chi connectivity index (χ1) is 10.1. The predicted octanol–water partition coefficient (Wildman–Crippen LogP) is 4.04. The molecule has 0 aliphatic heterocycles. The molecule has 112 valence electrons. The average molecular weight is 285 g/mol. The third-order valence-corrected chi connectivity index (χ3v) is 3.51. The molecule has 3 heteroatoms. The fraction of sp³-hybridized carbons (Fsp3) is 0.333. The monoisotopic (exact) mass is 285 g/mol. The molecule has 21 heavy (non-hydrogen) atoms. The molecule has 0 unspecified atom stereocenters. The quantitative estimate of drug-likeness (QED) is 0.643. The fourth-order valence-corrected chi connectivity index (χ4v) is 2.01. The maximum absolute atomic E-state index is 5.76. The maximum Gasteiger partial charge on any atom is 0.124 e. The summed E-state index contributed by atoms with van der Waals surface area (Å²) in [6, 6.07) is 11.9. The summed E-state index contributed by atoms with van der Waals surface area (Å²) in [5.74, 6) is 1.76. The van der Waals surface area contributed by atoms with Crippen molar-refractivity contribution in [3.63, 3.8) is 0 Å². The normalized spacial score (nSPS) is 10.4. The van der Waals surface area contributed by atoms with Gasteiger partial charge < -0.3 is 15.2 Å². The Morgan fingerprint density at radius 1 is 0.810 bits per heavy atom. The topological polar surface area (TPSA) is 44.5 Å². The molecular weight excluding hydrogens is 262 g/mol. The lowest BCUT2D eigenvalue weighted by Gasteiger charge is -2.11. The van der Waals surface area contributed by atoms with Gasteiger partial charge in [0.25, 0.3) is 0 Å². The van der Waals surface area contributed by atoms with Crippen molar-refractivity contribution in [2.75, 3.05) is 18.9 Å². The number of hydrogen-bond donors (Lipinski definition) is 1. The van der Waals surface area contributed by atoms with E-state index in [1.165, 1.54) is 11.1 Å². The predicted molar refractivity (Wildman–Crippen MR) is 87.1 cm³/mol. The summed E-state index contributed by atoms with van der Waals surface area (Å²) in [4.78, 5) is 0. The van der Waals surface area contributed by atoms with E-state index >= 15 is 0 Å². The highest BCUT2D eigenvalue weighted by Crippen LogP contribution is 2.21. The third-order valence-electron chi connectivity index (χ3n) is 3.51. The molecule has 3 nitrogen and oxygen atoms in total. The van der Waals surface area contributed by atoms with Crippen LogP contribution in [0.2, 0.25) is 0 Å². The number of ether oxygens (including phenoxy) is 2. The van der Waals surface area contributed by atoms with Crippen molar-refractivity contribution in [2.45, 2.75) is 27.2 Å². The Kier molecular flexibility index (Phi) is 5.09. The van der Waals surface area contributed by atoms with Crippen molar-refractivity contribution in [1.82, 2.24) is 0 Å². The Bertz CT molecular complexity index is 608. The van der Waals surface area contributed by atoms with E-state index in [1.807, 2.05) is 31.2 Å². The van der Waals surface area contributed by atoms with Crippen molar-refractivity contribution in [3.8, 4) is 11.5 Å². The van der Waals surface area contributed by atoms with Gasteiger partial charge in [0.2, 0.25) is 0 Å². The van der Waals surface area contributed by atoms with Crippen LogP contribution in [-0.4, -0.2) is 13.2 Å². The molecular formula is C18H23NO2. The van der Waals surface area contributed by atoms with Gasteiger partial charge in [0, 0.05) is 18.2 Å². The number of anilines is 1. The van der Waals surface area contributed by atoms with Crippen LogP contribution in [0.3, 0.4) is 0 Å². The first-order valence-corrected chi connectivity index (χ1v) is 7.25. The van der Waals surface area contributed by atoms with Gasteiger partial charge in [0.1, 0.15) is 11.5 Å². The SMILES string of the molecule is Cc1ccc(OCCCOc2cc(N)ccc2C)cc1C. The zero-order chi connectivity index (χ0) is 15.2. The fourth-order valence-electron chi connectivity index (χ4n) is 2.01. The standard InChI is InChI=1S/C18H23NO2/c1-13-6-8-17(11-15(13)3)20-9-4-10-21-18-12-16(19)7-5-14(18)2/h5-8,11-12H,4,9-10,19H2,1-3H3. The summed E-state index contributed by atoms with van der Waals surface area (Å²) in [5, 5.41) is 0. The smallest absolute Gasteiger partial charge is 0.124 e. The minimum Gasteiger partial charge on any atom is -0.493 e. The van der Waals surface area contributed by atoms with Crippen LogP contribution in [0.25, 0.3) is 0 Å². The van der Waals surface area contributed by atoms with Gasteiger partial charge in [-0.05, 0) is 55.7 Å². The molecule has 0 radical (unpaired) electrons. The zero-order valence-electron chi connectivity index (χ0n) is 13.0. The molecule has 0 heterocycles. The summed E-state index contributed by atoms with van der Waals surface area (Å²) >= 11 is 0. The van der Waals surface area contributed by atoms with E-state index in [0.717, 1.165) is 29.2 Å². The molecule has 0 bridgehead atoms. The second-order valence-electron chi connectivity index (χ2n) is 5.32. The first kappa shape index (κ1) is 15.2. The molecule has 0 fully saturated rings. The summed E-state index contributed by atoms with van der Waals surface area (Å²) < 4.78 is 11.5. The number of nitrogen functional groups attached to an aromatic ring is 1. The van der Waals surface area contributed by atoms with E-state index in [4.69, 9.17) is 15.2 Å². The van der Waals surface area contributed by atoms with Gasteiger partial charge in [-0.15, -0.1) is 0 Å². The molecule has 0 aliphatic rings. The third kappa shape index (κ3) is 4.42. The molecule has 0 spiro atoms. The molecule has 2 aromatic rings. The molecule has 0 saturated carbocycles.